The molecular formula is C11H23N5. The second kappa shape index (κ2) is 6.60. The maximum absolute atomic E-state index is 4.12. The van der Waals surface area contributed by atoms with Gasteiger partial charge in [0.1, 0.15) is 0 Å². The van der Waals surface area contributed by atoms with Crippen molar-refractivity contribution in [3.63, 3.8) is 0 Å². The van der Waals surface area contributed by atoms with Crippen LogP contribution in [0.3, 0.4) is 0 Å². The third-order valence-electron chi connectivity index (χ3n) is 2.53. The lowest BCUT2D eigenvalue weighted by Gasteiger charge is -2.12. The fraction of sp³-hybridized carbons (Fsp3) is 0.818. The van der Waals surface area contributed by atoms with E-state index in [1.165, 1.54) is 0 Å². The predicted octanol–water partition coefficient (Wildman–Crippen LogP) is 0.728. The zero-order valence-corrected chi connectivity index (χ0v) is 10.8. The SMILES string of the molecule is CCN(C)CCn1cc(CNC(C)C)nn1. The van der Waals surface area contributed by atoms with Crippen molar-refractivity contribution in [1.29, 1.82) is 0 Å². The predicted molar refractivity (Wildman–Crippen MR) is 65.2 cm³/mol. The standard InChI is InChI=1S/C11H23N5/c1-5-15(4)6-7-16-9-11(13-14-16)8-12-10(2)3/h9-10,12H,5-8H2,1-4H3. The van der Waals surface area contributed by atoms with E-state index in [0.29, 0.717) is 6.04 Å². The van der Waals surface area contributed by atoms with E-state index in [-0.39, 0.29) is 0 Å². The second-order valence-corrected chi connectivity index (χ2v) is 4.40. The van der Waals surface area contributed by atoms with Gasteiger partial charge >= 0.3 is 0 Å². The maximum atomic E-state index is 4.12. The number of rotatable bonds is 7. The molecule has 16 heavy (non-hydrogen) atoms. The Morgan fingerprint density at radius 2 is 2.25 bits per heavy atom. The van der Waals surface area contributed by atoms with Gasteiger partial charge in [0.25, 0.3) is 0 Å². The van der Waals surface area contributed by atoms with Gasteiger partial charge in [-0.3, -0.25) is 4.68 Å². The minimum Gasteiger partial charge on any atom is -0.309 e. The van der Waals surface area contributed by atoms with E-state index in [9.17, 15) is 0 Å². The smallest absolute Gasteiger partial charge is 0.0964 e. The van der Waals surface area contributed by atoms with E-state index in [0.717, 1.165) is 31.9 Å². The molecule has 0 bridgehead atoms. The second-order valence-electron chi connectivity index (χ2n) is 4.40. The molecule has 0 saturated heterocycles. The lowest BCUT2D eigenvalue weighted by Crippen LogP contribution is -2.23. The minimum atomic E-state index is 0.483. The van der Waals surface area contributed by atoms with Gasteiger partial charge in [-0.1, -0.05) is 26.0 Å². The molecule has 0 radical (unpaired) electrons. The maximum Gasteiger partial charge on any atom is 0.0964 e. The largest absolute Gasteiger partial charge is 0.309 e. The number of nitrogens with one attached hydrogen (secondary N) is 1. The van der Waals surface area contributed by atoms with Gasteiger partial charge in [0, 0.05) is 25.3 Å². The van der Waals surface area contributed by atoms with E-state index >= 15 is 0 Å². The average Bonchev–Trinajstić information content (AvgIpc) is 2.71. The first kappa shape index (κ1) is 13.1. The van der Waals surface area contributed by atoms with Crippen molar-refractivity contribution >= 4 is 0 Å². The Kier molecular flexibility index (Phi) is 5.42. The van der Waals surface area contributed by atoms with Crippen molar-refractivity contribution in [3.8, 4) is 0 Å². The van der Waals surface area contributed by atoms with Crippen molar-refractivity contribution < 1.29 is 0 Å². The Hall–Kier alpha value is -0.940. The summed E-state index contributed by atoms with van der Waals surface area (Å²) in [6.07, 6.45) is 2.01. The first-order chi connectivity index (χ1) is 7.61. The van der Waals surface area contributed by atoms with Crippen molar-refractivity contribution in [2.75, 3.05) is 20.1 Å². The van der Waals surface area contributed by atoms with Gasteiger partial charge in [-0.15, -0.1) is 5.10 Å². The number of hydrogen-bond acceptors (Lipinski definition) is 4. The van der Waals surface area contributed by atoms with Crippen LogP contribution in [0.4, 0.5) is 0 Å². The molecular weight excluding hydrogens is 202 g/mol. The van der Waals surface area contributed by atoms with Crippen LogP contribution in [0.2, 0.25) is 0 Å². The highest BCUT2D eigenvalue weighted by Crippen LogP contribution is 1.94. The van der Waals surface area contributed by atoms with Crippen molar-refractivity contribution in [3.05, 3.63) is 11.9 Å². The summed E-state index contributed by atoms with van der Waals surface area (Å²) in [5, 5.41) is 11.5. The van der Waals surface area contributed by atoms with Gasteiger partial charge in [-0.25, -0.2) is 0 Å². The third-order valence-corrected chi connectivity index (χ3v) is 2.53. The molecule has 1 N–H and O–H groups in total. The number of hydrogen-bond donors (Lipinski definition) is 1. The third kappa shape index (κ3) is 4.72. The molecule has 1 aromatic rings. The molecule has 0 aliphatic rings. The van der Waals surface area contributed by atoms with Crippen LogP contribution in [0.25, 0.3) is 0 Å². The Labute approximate surface area is 97.8 Å². The Morgan fingerprint density at radius 1 is 1.50 bits per heavy atom. The molecule has 92 valence electrons. The van der Waals surface area contributed by atoms with Crippen LogP contribution in [0, 0.1) is 0 Å². The molecule has 0 saturated carbocycles. The minimum absolute atomic E-state index is 0.483. The monoisotopic (exact) mass is 225 g/mol. The van der Waals surface area contributed by atoms with E-state index in [1.54, 1.807) is 0 Å². The first-order valence-electron chi connectivity index (χ1n) is 5.92. The van der Waals surface area contributed by atoms with Gasteiger partial charge in [-0.2, -0.15) is 0 Å². The lowest BCUT2D eigenvalue weighted by atomic mass is 10.3. The summed E-state index contributed by atoms with van der Waals surface area (Å²) < 4.78 is 1.91. The first-order valence-corrected chi connectivity index (χ1v) is 5.92. The summed E-state index contributed by atoms with van der Waals surface area (Å²) in [5.74, 6) is 0. The summed E-state index contributed by atoms with van der Waals surface area (Å²) in [5.41, 5.74) is 1.01. The summed E-state index contributed by atoms with van der Waals surface area (Å²) in [7, 11) is 2.11. The van der Waals surface area contributed by atoms with E-state index in [1.807, 2.05) is 10.9 Å². The van der Waals surface area contributed by atoms with Crippen LogP contribution in [0.15, 0.2) is 6.20 Å². The normalized spacial score (nSPS) is 11.6. The van der Waals surface area contributed by atoms with Crippen LogP contribution in [0.5, 0.6) is 0 Å². The summed E-state index contributed by atoms with van der Waals surface area (Å²) in [4.78, 5) is 2.26. The van der Waals surface area contributed by atoms with E-state index in [4.69, 9.17) is 0 Å². The molecule has 0 unspecified atom stereocenters. The highest BCUT2D eigenvalue weighted by molar-refractivity contribution is 4.91. The average molecular weight is 225 g/mol. The molecule has 1 aromatic heterocycles. The molecule has 1 heterocycles. The Balaban J connectivity index is 2.33. The molecule has 5 heteroatoms. The molecule has 0 fully saturated rings. The topological polar surface area (TPSA) is 46.0 Å². The summed E-state index contributed by atoms with van der Waals surface area (Å²) in [6, 6.07) is 0.483. The van der Waals surface area contributed by atoms with Crippen molar-refractivity contribution in [1.82, 2.24) is 25.2 Å². The molecule has 0 amide bonds. The van der Waals surface area contributed by atoms with Crippen LogP contribution in [0.1, 0.15) is 26.5 Å². The summed E-state index contributed by atoms with van der Waals surface area (Å²) >= 11 is 0. The zero-order valence-electron chi connectivity index (χ0n) is 10.8. The van der Waals surface area contributed by atoms with E-state index < -0.39 is 0 Å². The molecule has 1 rings (SSSR count). The van der Waals surface area contributed by atoms with Gasteiger partial charge in [0.2, 0.25) is 0 Å². The molecule has 0 aliphatic heterocycles. The van der Waals surface area contributed by atoms with Gasteiger partial charge in [-0.05, 0) is 13.6 Å². The Bertz CT molecular complexity index is 294. The molecule has 0 aromatic carbocycles. The molecule has 0 aliphatic carbocycles. The highest BCUT2D eigenvalue weighted by Gasteiger charge is 2.02. The fourth-order valence-corrected chi connectivity index (χ4v) is 1.27. The van der Waals surface area contributed by atoms with Crippen LogP contribution in [-0.2, 0) is 13.1 Å². The number of aromatic nitrogens is 3. The van der Waals surface area contributed by atoms with Crippen LogP contribution < -0.4 is 5.32 Å². The lowest BCUT2D eigenvalue weighted by molar-refractivity contribution is 0.326. The van der Waals surface area contributed by atoms with Crippen molar-refractivity contribution in [2.45, 2.75) is 39.9 Å². The zero-order chi connectivity index (χ0) is 12.0. The molecule has 0 spiro atoms. The summed E-state index contributed by atoms with van der Waals surface area (Å²) in [6.45, 7) is 10.2. The quantitative estimate of drug-likeness (QED) is 0.743. The molecule has 5 nitrogen and oxygen atoms in total. The highest BCUT2D eigenvalue weighted by atomic mass is 15.4. The van der Waals surface area contributed by atoms with E-state index in [2.05, 4.69) is 48.3 Å². The Morgan fingerprint density at radius 3 is 2.88 bits per heavy atom. The fourth-order valence-electron chi connectivity index (χ4n) is 1.27. The van der Waals surface area contributed by atoms with Gasteiger partial charge < -0.3 is 10.2 Å². The number of nitrogens with zero attached hydrogens (tertiary/aromatic N) is 4. The number of likely N-dealkylation sites (N-methyl/N-ethyl adjacent to an activating group) is 1. The van der Waals surface area contributed by atoms with Gasteiger partial charge in [0.15, 0.2) is 0 Å². The van der Waals surface area contributed by atoms with Crippen LogP contribution >= 0.6 is 0 Å². The van der Waals surface area contributed by atoms with Gasteiger partial charge in [0.05, 0.1) is 12.2 Å². The van der Waals surface area contributed by atoms with Crippen LogP contribution in [-0.4, -0.2) is 46.1 Å². The molecule has 0 atom stereocenters. The van der Waals surface area contributed by atoms with Crippen molar-refractivity contribution in [2.24, 2.45) is 0 Å².